The maximum absolute atomic E-state index is 11.7. The minimum absolute atomic E-state index is 0.124. The van der Waals surface area contributed by atoms with E-state index in [0.29, 0.717) is 11.8 Å². The van der Waals surface area contributed by atoms with E-state index in [9.17, 15) is 5.11 Å². The molecule has 1 saturated heterocycles. The van der Waals surface area contributed by atoms with Gasteiger partial charge in [-0.05, 0) is 55.8 Å². The fourth-order valence-electron chi connectivity index (χ4n) is 5.67. The normalized spacial score (nSPS) is 40.6. The average Bonchev–Trinajstić information content (AvgIpc) is 2.86. The first-order valence-corrected chi connectivity index (χ1v) is 9.22. The molecule has 21 heavy (non-hydrogen) atoms. The maximum atomic E-state index is 11.7. The second-order valence-electron chi connectivity index (χ2n) is 9.08. The fourth-order valence-corrected chi connectivity index (χ4v) is 5.67. The Kier molecular flexibility index (Phi) is 4.16. The molecule has 3 rings (SSSR count). The minimum atomic E-state index is -0.449. The molecule has 0 radical (unpaired) electrons. The van der Waals surface area contributed by atoms with Crippen molar-refractivity contribution in [2.75, 3.05) is 6.61 Å². The molecule has 2 nitrogen and oxygen atoms in total. The summed E-state index contributed by atoms with van der Waals surface area (Å²) in [6.07, 6.45) is 11.9. The van der Waals surface area contributed by atoms with Gasteiger partial charge in [0, 0.05) is 6.61 Å². The predicted octanol–water partition coefficient (Wildman–Crippen LogP) is 4.69. The summed E-state index contributed by atoms with van der Waals surface area (Å²) in [5, 5.41) is 11.7. The zero-order valence-corrected chi connectivity index (χ0v) is 14.3. The van der Waals surface area contributed by atoms with Crippen LogP contribution in [0.25, 0.3) is 0 Å². The van der Waals surface area contributed by atoms with Crippen molar-refractivity contribution >= 4 is 0 Å². The first-order chi connectivity index (χ1) is 9.86. The van der Waals surface area contributed by atoms with Crippen LogP contribution in [0, 0.1) is 17.3 Å². The lowest BCUT2D eigenvalue weighted by Gasteiger charge is -2.54. The van der Waals surface area contributed by atoms with Gasteiger partial charge in [-0.25, -0.2) is 0 Å². The average molecular weight is 294 g/mol. The molecule has 0 bridgehead atoms. The van der Waals surface area contributed by atoms with Crippen LogP contribution in [0.5, 0.6) is 0 Å². The maximum Gasteiger partial charge on any atom is 0.0710 e. The Morgan fingerprint density at radius 1 is 0.952 bits per heavy atom. The van der Waals surface area contributed by atoms with Gasteiger partial charge < -0.3 is 9.84 Å². The Morgan fingerprint density at radius 3 is 2.29 bits per heavy atom. The third-order valence-electron chi connectivity index (χ3n) is 6.68. The zero-order chi connectivity index (χ0) is 15.1. The number of aliphatic hydroxyl groups is 1. The first kappa shape index (κ1) is 15.8. The van der Waals surface area contributed by atoms with Gasteiger partial charge >= 0.3 is 0 Å². The topological polar surface area (TPSA) is 29.5 Å². The number of hydrogen-bond acceptors (Lipinski definition) is 2. The second-order valence-corrected chi connectivity index (χ2v) is 9.08. The van der Waals surface area contributed by atoms with Crippen LogP contribution in [0.2, 0.25) is 0 Å². The Labute approximate surface area is 130 Å². The second kappa shape index (κ2) is 5.53. The zero-order valence-electron chi connectivity index (χ0n) is 14.3. The van der Waals surface area contributed by atoms with Crippen LogP contribution in [-0.4, -0.2) is 22.9 Å². The molecule has 122 valence electrons. The lowest BCUT2D eigenvalue weighted by atomic mass is 9.57. The molecule has 3 unspecified atom stereocenters. The van der Waals surface area contributed by atoms with E-state index in [1.807, 2.05) is 0 Å². The van der Waals surface area contributed by atoms with Crippen molar-refractivity contribution < 1.29 is 9.84 Å². The van der Waals surface area contributed by atoms with Crippen LogP contribution >= 0.6 is 0 Å². The van der Waals surface area contributed by atoms with Gasteiger partial charge in [-0.15, -0.1) is 0 Å². The largest absolute Gasteiger partial charge is 0.389 e. The summed E-state index contributed by atoms with van der Waals surface area (Å²) >= 11 is 0. The molecule has 2 saturated carbocycles. The molecule has 3 atom stereocenters. The van der Waals surface area contributed by atoms with Gasteiger partial charge in [0.25, 0.3) is 0 Å². The molecule has 0 amide bonds. The number of hydrogen-bond donors (Lipinski definition) is 1. The van der Waals surface area contributed by atoms with E-state index in [1.165, 1.54) is 44.9 Å². The van der Waals surface area contributed by atoms with Gasteiger partial charge in [0.2, 0.25) is 0 Å². The molecular weight excluding hydrogens is 260 g/mol. The standard InChI is InChI=1S/C19H34O2/c1-17(2,3)16-8-4-5-12-19(16,20)15-9-13-21-18(14-15)10-6-7-11-18/h15-16,20H,4-14H2,1-3H3. The number of ether oxygens (including phenoxy) is 1. The molecule has 1 aliphatic heterocycles. The van der Waals surface area contributed by atoms with Crippen molar-refractivity contribution in [2.24, 2.45) is 17.3 Å². The molecule has 1 N–H and O–H groups in total. The van der Waals surface area contributed by atoms with Crippen LogP contribution in [-0.2, 0) is 4.74 Å². The highest BCUT2D eigenvalue weighted by Gasteiger charge is 2.53. The minimum Gasteiger partial charge on any atom is -0.389 e. The fraction of sp³-hybridized carbons (Fsp3) is 1.00. The molecule has 2 aliphatic carbocycles. The van der Waals surface area contributed by atoms with Crippen LogP contribution in [0.4, 0.5) is 0 Å². The summed E-state index contributed by atoms with van der Waals surface area (Å²) in [6.45, 7) is 7.82. The van der Waals surface area contributed by atoms with E-state index in [0.717, 1.165) is 25.9 Å². The molecule has 0 aromatic heterocycles. The van der Waals surface area contributed by atoms with Crippen LogP contribution in [0.15, 0.2) is 0 Å². The van der Waals surface area contributed by atoms with E-state index in [-0.39, 0.29) is 11.0 Å². The molecule has 3 fully saturated rings. The van der Waals surface area contributed by atoms with Crippen molar-refractivity contribution in [3.8, 4) is 0 Å². The first-order valence-electron chi connectivity index (χ1n) is 9.22. The van der Waals surface area contributed by atoms with Gasteiger partial charge in [-0.3, -0.25) is 0 Å². The quantitative estimate of drug-likeness (QED) is 0.760. The summed E-state index contributed by atoms with van der Waals surface area (Å²) in [4.78, 5) is 0. The summed E-state index contributed by atoms with van der Waals surface area (Å²) in [5.41, 5.74) is -0.120. The van der Waals surface area contributed by atoms with Gasteiger partial charge in [-0.1, -0.05) is 46.5 Å². The van der Waals surface area contributed by atoms with Crippen molar-refractivity contribution in [3.63, 3.8) is 0 Å². The summed E-state index contributed by atoms with van der Waals surface area (Å²) in [6, 6.07) is 0. The van der Waals surface area contributed by atoms with E-state index in [4.69, 9.17) is 4.74 Å². The molecule has 0 aromatic rings. The van der Waals surface area contributed by atoms with Crippen LogP contribution < -0.4 is 0 Å². The molecule has 0 aromatic carbocycles. The van der Waals surface area contributed by atoms with Gasteiger partial charge in [-0.2, -0.15) is 0 Å². The molecule has 1 heterocycles. The Morgan fingerprint density at radius 2 is 1.62 bits per heavy atom. The Bertz CT molecular complexity index is 364. The lowest BCUT2D eigenvalue weighted by molar-refractivity contribution is -0.183. The van der Waals surface area contributed by atoms with Crippen LogP contribution in [0.3, 0.4) is 0 Å². The summed E-state index contributed by atoms with van der Waals surface area (Å²) in [5.74, 6) is 0.897. The van der Waals surface area contributed by atoms with E-state index in [2.05, 4.69) is 20.8 Å². The highest BCUT2D eigenvalue weighted by molar-refractivity contribution is 5.04. The smallest absolute Gasteiger partial charge is 0.0710 e. The van der Waals surface area contributed by atoms with Gasteiger partial charge in [0.1, 0.15) is 0 Å². The van der Waals surface area contributed by atoms with Gasteiger partial charge in [0.15, 0.2) is 0 Å². The van der Waals surface area contributed by atoms with Crippen molar-refractivity contribution in [3.05, 3.63) is 0 Å². The molecular formula is C19H34O2. The summed E-state index contributed by atoms with van der Waals surface area (Å²) in [7, 11) is 0. The van der Waals surface area contributed by atoms with Crippen LogP contribution in [0.1, 0.15) is 85.0 Å². The lowest BCUT2D eigenvalue weighted by Crippen LogP contribution is -2.55. The third-order valence-corrected chi connectivity index (χ3v) is 6.68. The van der Waals surface area contributed by atoms with E-state index >= 15 is 0 Å². The van der Waals surface area contributed by atoms with Gasteiger partial charge in [0.05, 0.1) is 11.2 Å². The SMILES string of the molecule is CC(C)(C)C1CCCCC1(O)C1CCOC2(CCCC2)C1. The van der Waals surface area contributed by atoms with E-state index in [1.54, 1.807) is 0 Å². The number of rotatable bonds is 1. The predicted molar refractivity (Wildman–Crippen MR) is 86.2 cm³/mol. The highest BCUT2D eigenvalue weighted by atomic mass is 16.5. The molecule has 2 heteroatoms. The molecule has 1 spiro atoms. The highest BCUT2D eigenvalue weighted by Crippen LogP contribution is 2.53. The van der Waals surface area contributed by atoms with E-state index < -0.39 is 5.60 Å². The monoisotopic (exact) mass is 294 g/mol. The third kappa shape index (κ3) is 2.91. The Balaban J connectivity index is 1.82. The van der Waals surface area contributed by atoms with Crippen molar-refractivity contribution in [1.82, 2.24) is 0 Å². The van der Waals surface area contributed by atoms with Crippen molar-refractivity contribution in [1.29, 1.82) is 0 Å². The Hall–Kier alpha value is -0.0800. The van der Waals surface area contributed by atoms with Crippen molar-refractivity contribution in [2.45, 2.75) is 96.2 Å². The molecule has 3 aliphatic rings. The summed E-state index contributed by atoms with van der Waals surface area (Å²) < 4.78 is 6.20.